The summed E-state index contributed by atoms with van der Waals surface area (Å²) >= 11 is 2.03. The number of nitrogens with zero attached hydrogens (tertiary/aromatic N) is 3. The average Bonchev–Trinajstić information content (AvgIpc) is 3.09. The molecule has 0 spiro atoms. The van der Waals surface area contributed by atoms with Crippen LogP contribution in [-0.4, -0.2) is 17.4 Å². The standard InChI is InChI=1S/C20H14IN3O/c1-2-23-20-17(8-24-21)18-14-5-11-9-25-10-12(11)6-15(14)19(20)13-3-4-22-7-16(13)18/h2-10,18-19H,1H3. The Morgan fingerprint density at radius 2 is 1.84 bits per heavy atom. The summed E-state index contributed by atoms with van der Waals surface area (Å²) in [7, 11) is 0. The van der Waals surface area contributed by atoms with Crippen molar-refractivity contribution in [3.05, 3.63) is 76.6 Å². The fourth-order valence-corrected chi connectivity index (χ4v) is 4.54. The van der Waals surface area contributed by atoms with Gasteiger partial charge in [0.1, 0.15) is 0 Å². The lowest BCUT2D eigenvalue weighted by molar-refractivity contribution is 0.572. The molecular formula is C20H14IN3O. The molecule has 4 nitrogen and oxygen atoms in total. The molecule has 122 valence electrons. The van der Waals surface area contributed by atoms with E-state index in [0.29, 0.717) is 0 Å². The van der Waals surface area contributed by atoms with Crippen LogP contribution < -0.4 is 0 Å². The molecule has 0 saturated heterocycles. The van der Waals surface area contributed by atoms with E-state index in [0.717, 1.165) is 22.0 Å². The molecule has 0 N–H and O–H groups in total. The predicted octanol–water partition coefficient (Wildman–Crippen LogP) is 5.18. The second kappa shape index (κ2) is 5.62. The summed E-state index contributed by atoms with van der Waals surface area (Å²) in [5.41, 5.74) is 7.41. The lowest BCUT2D eigenvalue weighted by Gasteiger charge is -2.41. The molecule has 5 heteroatoms. The van der Waals surface area contributed by atoms with Crippen LogP contribution in [0.15, 0.2) is 67.0 Å². The van der Waals surface area contributed by atoms with Gasteiger partial charge in [-0.25, -0.2) is 3.21 Å². The van der Waals surface area contributed by atoms with Crippen molar-refractivity contribution in [1.29, 1.82) is 0 Å². The molecule has 2 heterocycles. The highest BCUT2D eigenvalue weighted by Crippen LogP contribution is 2.55. The van der Waals surface area contributed by atoms with Crippen molar-refractivity contribution < 1.29 is 4.42 Å². The number of aromatic nitrogens is 1. The first-order valence-electron chi connectivity index (χ1n) is 8.14. The highest BCUT2D eigenvalue weighted by molar-refractivity contribution is 14.1. The summed E-state index contributed by atoms with van der Waals surface area (Å²) in [5, 5.41) is 2.26. The van der Waals surface area contributed by atoms with E-state index in [2.05, 4.69) is 26.4 Å². The van der Waals surface area contributed by atoms with Gasteiger partial charge in [-0.3, -0.25) is 9.98 Å². The maximum absolute atomic E-state index is 5.42. The first kappa shape index (κ1) is 15.0. The molecule has 0 saturated carbocycles. The molecule has 2 atom stereocenters. The summed E-state index contributed by atoms with van der Waals surface area (Å²) in [5.74, 6) is 0.220. The van der Waals surface area contributed by atoms with Crippen LogP contribution in [0, 0.1) is 0 Å². The Morgan fingerprint density at radius 3 is 2.56 bits per heavy atom. The Balaban J connectivity index is 1.89. The third-order valence-corrected chi connectivity index (χ3v) is 5.42. The summed E-state index contributed by atoms with van der Waals surface area (Å²) in [4.78, 5) is 9.13. The van der Waals surface area contributed by atoms with Crippen molar-refractivity contribution in [2.45, 2.75) is 18.8 Å². The summed E-state index contributed by atoms with van der Waals surface area (Å²) in [6.45, 7) is 1.96. The summed E-state index contributed by atoms with van der Waals surface area (Å²) < 4.78 is 9.70. The maximum Gasteiger partial charge on any atom is 0.0981 e. The van der Waals surface area contributed by atoms with Gasteiger partial charge in [0.05, 0.1) is 47.0 Å². The van der Waals surface area contributed by atoms with E-state index in [9.17, 15) is 0 Å². The van der Waals surface area contributed by atoms with Crippen LogP contribution in [0.1, 0.15) is 41.0 Å². The van der Waals surface area contributed by atoms with E-state index in [1.165, 1.54) is 22.3 Å². The molecule has 2 bridgehead atoms. The fourth-order valence-electron chi connectivity index (χ4n) is 4.24. The average molecular weight is 439 g/mol. The molecule has 1 aromatic carbocycles. The van der Waals surface area contributed by atoms with Gasteiger partial charge in [-0.05, 0) is 47.4 Å². The molecule has 2 aromatic heterocycles. The molecule has 3 aromatic rings. The molecule has 2 unspecified atom stereocenters. The SMILES string of the molecule is CC=NC1=C(C=NI)C2c3cnccc3C1c1cc3cocc3cc12. The highest BCUT2D eigenvalue weighted by atomic mass is 127. The molecule has 0 amide bonds. The van der Waals surface area contributed by atoms with Gasteiger partial charge < -0.3 is 4.42 Å². The number of fused-ring (bicyclic) bond motifs is 1. The molecule has 25 heavy (non-hydrogen) atoms. The van der Waals surface area contributed by atoms with Crippen molar-refractivity contribution in [2.75, 3.05) is 0 Å². The second-order valence-electron chi connectivity index (χ2n) is 6.31. The van der Waals surface area contributed by atoms with E-state index in [1.54, 1.807) is 0 Å². The summed E-state index contributed by atoms with van der Waals surface area (Å²) in [6, 6.07) is 6.62. The van der Waals surface area contributed by atoms with Gasteiger partial charge in [0.15, 0.2) is 0 Å². The zero-order valence-corrected chi connectivity index (χ0v) is 15.6. The number of pyridine rings is 1. The van der Waals surface area contributed by atoms with Crippen molar-refractivity contribution in [2.24, 2.45) is 8.20 Å². The molecule has 0 radical (unpaired) electrons. The second-order valence-corrected chi connectivity index (χ2v) is 6.86. The Hall–Kier alpha value is -2.28. The highest BCUT2D eigenvalue weighted by Gasteiger charge is 2.43. The number of aliphatic imine (C=N–C) groups is 1. The van der Waals surface area contributed by atoms with Crippen molar-refractivity contribution in [1.82, 2.24) is 4.98 Å². The van der Waals surface area contributed by atoms with Gasteiger partial charge in [0, 0.05) is 47.1 Å². The minimum Gasteiger partial charge on any atom is -0.471 e. The lowest BCUT2D eigenvalue weighted by Crippen LogP contribution is -2.28. The Bertz CT molecular complexity index is 1010. The van der Waals surface area contributed by atoms with Crippen LogP contribution in [-0.2, 0) is 0 Å². The third-order valence-electron chi connectivity index (χ3n) is 5.15. The van der Waals surface area contributed by atoms with Crippen LogP contribution >= 0.6 is 22.9 Å². The molecule has 0 aliphatic heterocycles. The zero-order valence-electron chi connectivity index (χ0n) is 13.5. The Labute approximate surface area is 158 Å². The molecular weight excluding hydrogens is 425 g/mol. The van der Waals surface area contributed by atoms with E-state index in [1.807, 2.05) is 67.1 Å². The van der Waals surface area contributed by atoms with Gasteiger partial charge in [-0.15, -0.1) is 0 Å². The maximum atomic E-state index is 5.42. The molecule has 3 aliphatic rings. The van der Waals surface area contributed by atoms with Gasteiger partial charge in [0.25, 0.3) is 0 Å². The molecule has 6 rings (SSSR count). The van der Waals surface area contributed by atoms with Gasteiger partial charge in [-0.2, -0.15) is 0 Å². The monoisotopic (exact) mass is 439 g/mol. The fraction of sp³-hybridized carbons (Fsp3) is 0.150. The van der Waals surface area contributed by atoms with Crippen LogP contribution in [0.2, 0.25) is 0 Å². The molecule has 0 fully saturated rings. The lowest BCUT2D eigenvalue weighted by atomic mass is 9.63. The number of halogens is 1. The third kappa shape index (κ3) is 2.02. The molecule has 3 aliphatic carbocycles. The van der Waals surface area contributed by atoms with E-state index < -0.39 is 0 Å². The van der Waals surface area contributed by atoms with Crippen LogP contribution in [0.4, 0.5) is 0 Å². The normalized spacial score (nSPS) is 21.5. The number of benzene rings is 1. The number of hydrogen-bond donors (Lipinski definition) is 0. The van der Waals surface area contributed by atoms with Crippen molar-refractivity contribution >= 4 is 46.1 Å². The van der Waals surface area contributed by atoms with E-state index >= 15 is 0 Å². The largest absolute Gasteiger partial charge is 0.471 e. The van der Waals surface area contributed by atoms with Gasteiger partial charge in [0.2, 0.25) is 0 Å². The van der Waals surface area contributed by atoms with E-state index in [-0.39, 0.29) is 11.8 Å². The van der Waals surface area contributed by atoms with Gasteiger partial charge >= 0.3 is 0 Å². The summed E-state index contributed by atoms with van der Waals surface area (Å²) in [6.07, 6.45) is 11.3. The van der Waals surface area contributed by atoms with Crippen LogP contribution in [0.25, 0.3) is 10.8 Å². The minimum absolute atomic E-state index is 0.109. The number of rotatable bonds is 2. The van der Waals surface area contributed by atoms with Crippen LogP contribution in [0.3, 0.4) is 0 Å². The Kier molecular flexibility index (Phi) is 3.38. The smallest absolute Gasteiger partial charge is 0.0981 e. The number of hydrogen-bond acceptors (Lipinski definition) is 4. The minimum atomic E-state index is 0.109. The topological polar surface area (TPSA) is 50.8 Å². The van der Waals surface area contributed by atoms with Crippen molar-refractivity contribution in [3.8, 4) is 0 Å². The Morgan fingerprint density at radius 1 is 1.08 bits per heavy atom. The van der Waals surface area contributed by atoms with Crippen molar-refractivity contribution in [3.63, 3.8) is 0 Å². The van der Waals surface area contributed by atoms with Crippen LogP contribution in [0.5, 0.6) is 0 Å². The first-order chi connectivity index (χ1) is 12.3. The number of allylic oxidation sites excluding steroid dienone is 2. The zero-order chi connectivity index (χ0) is 17.0. The number of furan rings is 1. The first-order valence-corrected chi connectivity index (χ1v) is 9.10. The predicted molar refractivity (Wildman–Crippen MR) is 108 cm³/mol. The van der Waals surface area contributed by atoms with Gasteiger partial charge in [-0.1, -0.05) is 0 Å². The quantitative estimate of drug-likeness (QED) is 0.408. The van der Waals surface area contributed by atoms with E-state index in [4.69, 9.17) is 9.41 Å².